The SMILES string of the molecule is C=CC(=O)OCC(O)COc1ccc(CC(O)COC(=O)C=C)cc1OC. The molecule has 8 nitrogen and oxygen atoms in total. The summed E-state index contributed by atoms with van der Waals surface area (Å²) >= 11 is 0. The molecule has 8 heteroatoms. The third-order valence-corrected chi connectivity index (χ3v) is 3.30. The highest BCUT2D eigenvalue weighted by Gasteiger charge is 2.13. The number of methoxy groups -OCH3 is 1. The molecule has 0 aliphatic rings. The lowest BCUT2D eigenvalue weighted by Gasteiger charge is -2.16. The zero-order chi connectivity index (χ0) is 20.2. The number of carbonyl (C=O) groups excluding carboxylic acids is 2. The number of rotatable bonds is 12. The van der Waals surface area contributed by atoms with Crippen molar-refractivity contribution in [3.8, 4) is 11.5 Å². The lowest BCUT2D eigenvalue weighted by atomic mass is 10.1. The van der Waals surface area contributed by atoms with E-state index in [1.807, 2.05) is 0 Å². The lowest BCUT2D eigenvalue weighted by Crippen LogP contribution is -2.25. The molecule has 0 aromatic heterocycles. The average Bonchev–Trinajstić information content (AvgIpc) is 2.68. The summed E-state index contributed by atoms with van der Waals surface area (Å²) in [6.07, 6.45) is 0.365. The number of esters is 2. The minimum atomic E-state index is -1.01. The van der Waals surface area contributed by atoms with Gasteiger partial charge in [0.15, 0.2) is 11.5 Å². The number of benzene rings is 1. The first-order valence-corrected chi connectivity index (χ1v) is 8.13. The van der Waals surface area contributed by atoms with Gasteiger partial charge in [0.25, 0.3) is 0 Å². The minimum absolute atomic E-state index is 0.111. The molecule has 1 aromatic rings. The monoisotopic (exact) mass is 380 g/mol. The standard InChI is InChI=1S/C19H24O8/c1-4-18(22)26-10-14(20)8-13-6-7-16(17(9-13)24-3)25-11-15(21)12-27-19(23)5-2/h4-7,9,14-15,20-21H,1-2,8,10-12H2,3H3. The summed E-state index contributed by atoms with van der Waals surface area (Å²) in [6.45, 7) is 6.05. The highest BCUT2D eigenvalue weighted by molar-refractivity contribution is 5.81. The van der Waals surface area contributed by atoms with Gasteiger partial charge in [-0.2, -0.15) is 0 Å². The van der Waals surface area contributed by atoms with Crippen LogP contribution in [0.15, 0.2) is 43.5 Å². The predicted octanol–water partition coefficient (Wildman–Crippen LogP) is 0.797. The number of aliphatic hydroxyl groups is 2. The van der Waals surface area contributed by atoms with Gasteiger partial charge in [-0.15, -0.1) is 0 Å². The quantitative estimate of drug-likeness (QED) is 0.405. The fourth-order valence-corrected chi connectivity index (χ4v) is 2.00. The van der Waals surface area contributed by atoms with Crippen LogP contribution in [0.25, 0.3) is 0 Å². The van der Waals surface area contributed by atoms with E-state index in [-0.39, 0.29) is 26.2 Å². The molecule has 2 unspecified atom stereocenters. The molecule has 0 radical (unpaired) electrons. The molecule has 0 aliphatic carbocycles. The largest absolute Gasteiger partial charge is 0.493 e. The van der Waals surface area contributed by atoms with Crippen molar-refractivity contribution < 1.29 is 38.7 Å². The van der Waals surface area contributed by atoms with Crippen molar-refractivity contribution in [2.75, 3.05) is 26.9 Å². The Morgan fingerprint density at radius 1 is 1.00 bits per heavy atom. The van der Waals surface area contributed by atoms with Crippen LogP contribution in [0.3, 0.4) is 0 Å². The number of hydrogen-bond donors (Lipinski definition) is 2. The summed E-state index contributed by atoms with van der Waals surface area (Å²) in [5.74, 6) is -0.456. The van der Waals surface area contributed by atoms with E-state index in [9.17, 15) is 19.8 Å². The number of ether oxygens (including phenoxy) is 4. The van der Waals surface area contributed by atoms with Gasteiger partial charge in [-0.3, -0.25) is 0 Å². The van der Waals surface area contributed by atoms with Gasteiger partial charge in [-0.1, -0.05) is 19.2 Å². The fourth-order valence-electron chi connectivity index (χ4n) is 2.00. The average molecular weight is 380 g/mol. The Kier molecular flexibility index (Phi) is 9.63. The van der Waals surface area contributed by atoms with E-state index in [1.54, 1.807) is 18.2 Å². The topological polar surface area (TPSA) is 112 Å². The normalized spacial score (nSPS) is 12.4. The summed E-state index contributed by atoms with van der Waals surface area (Å²) in [5, 5.41) is 19.7. The summed E-state index contributed by atoms with van der Waals surface area (Å²) in [5.41, 5.74) is 0.738. The third-order valence-electron chi connectivity index (χ3n) is 3.30. The summed E-state index contributed by atoms with van der Waals surface area (Å²) in [7, 11) is 1.45. The van der Waals surface area contributed by atoms with Gasteiger partial charge in [-0.05, 0) is 17.7 Å². The van der Waals surface area contributed by atoms with E-state index in [0.717, 1.165) is 17.7 Å². The summed E-state index contributed by atoms with van der Waals surface area (Å²) < 4.78 is 20.2. The van der Waals surface area contributed by atoms with Gasteiger partial charge in [0.1, 0.15) is 25.9 Å². The highest BCUT2D eigenvalue weighted by atomic mass is 16.6. The Labute approximate surface area is 157 Å². The number of aliphatic hydroxyl groups excluding tert-OH is 2. The summed E-state index contributed by atoms with van der Waals surface area (Å²) in [4.78, 5) is 22.0. The molecule has 148 valence electrons. The maximum absolute atomic E-state index is 11.0. The maximum atomic E-state index is 11.0. The van der Waals surface area contributed by atoms with E-state index in [2.05, 4.69) is 13.2 Å². The smallest absolute Gasteiger partial charge is 0.330 e. The van der Waals surface area contributed by atoms with Crippen molar-refractivity contribution in [3.63, 3.8) is 0 Å². The van der Waals surface area contributed by atoms with Crippen LogP contribution in [0.5, 0.6) is 11.5 Å². The molecule has 0 aliphatic heterocycles. The van der Waals surface area contributed by atoms with Gasteiger partial charge in [0.2, 0.25) is 0 Å². The molecular formula is C19H24O8. The van der Waals surface area contributed by atoms with Crippen LogP contribution < -0.4 is 9.47 Å². The maximum Gasteiger partial charge on any atom is 0.330 e. The molecule has 0 saturated heterocycles. The van der Waals surface area contributed by atoms with Crippen LogP contribution in [0.1, 0.15) is 5.56 Å². The molecule has 1 rings (SSSR count). The Balaban J connectivity index is 2.58. The first-order chi connectivity index (χ1) is 12.9. The van der Waals surface area contributed by atoms with Crippen molar-refractivity contribution in [2.45, 2.75) is 18.6 Å². The highest BCUT2D eigenvalue weighted by Crippen LogP contribution is 2.28. The van der Waals surface area contributed by atoms with Gasteiger partial charge < -0.3 is 29.2 Å². The Morgan fingerprint density at radius 2 is 1.59 bits per heavy atom. The van der Waals surface area contributed by atoms with Crippen LogP contribution in [-0.2, 0) is 25.5 Å². The number of carbonyl (C=O) groups is 2. The Bertz CT molecular complexity index is 655. The minimum Gasteiger partial charge on any atom is -0.493 e. The van der Waals surface area contributed by atoms with Crippen molar-refractivity contribution in [1.29, 1.82) is 0 Å². The molecule has 0 bridgehead atoms. The lowest BCUT2D eigenvalue weighted by molar-refractivity contribution is -0.141. The van der Waals surface area contributed by atoms with Crippen LogP contribution in [-0.4, -0.2) is 61.3 Å². The fraction of sp³-hybridized carbons (Fsp3) is 0.368. The Morgan fingerprint density at radius 3 is 2.15 bits per heavy atom. The molecule has 0 spiro atoms. The van der Waals surface area contributed by atoms with Gasteiger partial charge in [0.05, 0.1) is 13.2 Å². The second-order valence-electron chi connectivity index (χ2n) is 5.48. The van der Waals surface area contributed by atoms with Crippen LogP contribution in [0.4, 0.5) is 0 Å². The molecule has 1 aromatic carbocycles. The second-order valence-corrected chi connectivity index (χ2v) is 5.48. The molecule has 0 fully saturated rings. The van der Waals surface area contributed by atoms with Crippen molar-refractivity contribution in [2.24, 2.45) is 0 Å². The van der Waals surface area contributed by atoms with Crippen LogP contribution >= 0.6 is 0 Å². The van der Waals surface area contributed by atoms with Crippen molar-refractivity contribution in [1.82, 2.24) is 0 Å². The number of hydrogen-bond acceptors (Lipinski definition) is 8. The molecule has 2 N–H and O–H groups in total. The van der Waals surface area contributed by atoms with E-state index < -0.39 is 24.1 Å². The van der Waals surface area contributed by atoms with Crippen LogP contribution in [0.2, 0.25) is 0 Å². The van der Waals surface area contributed by atoms with E-state index >= 15 is 0 Å². The first kappa shape index (κ1) is 22.2. The molecule has 0 amide bonds. The second kappa shape index (κ2) is 11.7. The predicted molar refractivity (Wildman–Crippen MR) is 96.5 cm³/mol. The third kappa shape index (κ3) is 8.39. The molecular weight excluding hydrogens is 356 g/mol. The van der Waals surface area contributed by atoms with Gasteiger partial charge >= 0.3 is 11.9 Å². The Hall–Kier alpha value is -2.84. The zero-order valence-corrected chi connectivity index (χ0v) is 15.1. The van der Waals surface area contributed by atoms with Gasteiger partial charge in [-0.25, -0.2) is 9.59 Å². The molecule has 27 heavy (non-hydrogen) atoms. The van der Waals surface area contributed by atoms with Crippen LogP contribution in [0, 0.1) is 0 Å². The first-order valence-electron chi connectivity index (χ1n) is 8.13. The zero-order valence-electron chi connectivity index (χ0n) is 15.1. The molecule has 2 atom stereocenters. The molecule has 0 heterocycles. The van der Waals surface area contributed by atoms with Crippen molar-refractivity contribution in [3.05, 3.63) is 49.1 Å². The van der Waals surface area contributed by atoms with E-state index in [0.29, 0.717) is 11.5 Å². The van der Waals surface area contributed by atoms with E-state index in [4.69, 9.17) is 18.9 Å². The van der Waals surface area contributed by atoms with Crippen molar-refractivity contribution >= 4 is 11.9 Å². The van der Waals surface area contributed by atoms with E-state index in [1.165, 1.54) is 7.11 Å². The molecule has 0 saturated carbocycles. The van der Waals surface area contributed by atoms with Gasteiger partial charge in [0, 0.05) is 18.6 Å². The summed E-state index contributed by atoms with van der Waals surface area (Å²) in [6, 6.07) is 5.00.